The predicted molar refractivity (Wildman–Crippen MR) is 117 cm³/mol. The number of methoxy groups -OCH3 is 2. The lowest BCUT2D eigenvalue weighted by Crippen LogP contribution is -2.30. The fourth-order valence-corrected chi connectivity index (χ4v) is 3.77. The molecule has 2 aromatic carbocycles. The molecule has 1 saturated heterocycles. The number of ketones is 1. The standard InChI is InChI=1S/C23H19ClN2O6/c1-12-10-18(25-32-12)26-20(16-11-15(30-2)8-9-17(16)31-3)19(22(28)23(26)29)21(27)13-4-6-14(24)7-5-13/h4-11,20,27H,1-3H3/b21-19+/t20-/m0/s1. The van der Waals surface area contributed by atoms with E-state index in [1.165, 1.54) is 25.2 Å². The summed E-state index contributed by atoms with van der Waals surface area (Å²) >= 11 is 5.95. The van der Waals surface area contributed by atoms with Crippen LogP contribution in [0.1, 0.15) is 22.9 Å². The fourth-order valence-electron chi connectivity index (χ4n) is 3.65. The van der Waals surface area contributed by atoms with Crippen LogP contribution >= 0.6 is 11.6 Å². The zero-order valence-corrected chi connectivity index (χ0v) is 18.2. The molecule has 1 atom stereocenters. The third kappa shape index (κ3) is 3.58. The summed E-state index contributed by atoms with van der Waals surface area (Å²) in [6, 6.07) is 11.8. The van der Waals surface area contributed by atoms with Crippen molar-refractivity contribution in [3.8, 4) is 11.5 Å². The first kappa shape index (κ1) is 21.5. The van der Waals surface area contributed by atoms with E-state index in [1.54, 1.807) is 49.4 Å². The summed E-state index contributed by atoms with van der Waals surface area (Å²) in [5, 5.41) is 15.5. The van der Waals surface area contributed by atoms with Gasteiger partial charge < -0.3 is 19.1 Å². The number of carbonyl (C=O) groups is 2. The van der Waals surface area contributed by atoms with Crippen molar-refractivity contribution >= 4 is 34.9 Å². The lowest BCUT2D eigenvalue weighted by atomic mass is 9.94. The topological polar surface area (TPSA) is 102 Å². The van der Waals surface area contributed by atoms with Crippen molar-refractivity contribution in [2.24, 2.45) is 0 Å². The maximum absolute atomic E-state index is 13.1. The van der Waals surface area contributed by atoms with E-state index in [4.69, 9.17) is 25.6 Å². The van der Waals surface area contributed by atoms with Crippen LogP contribution in [0.3, 0.4) is 0 Å². The first-order valence-corrected chi connectivity index (χ1v) is 9.95. The Bertz CT molecular complexity index is 1230. The van der Waals surface area contributed by atoms with Gasteiger partial charge >= 0.3 is 5.91 Å². The number of hydrogen-bond donors (Lipinski definition) is 1. The van der Waals surface area contributed by atoms with Crippen LogP contribution in [0.5, 0.6) is 11.5 Å². The second-order valence-electron chi connectivity index (χ2n) is 7.08. The van der Waals surface area contributed by atoms with Gasteiger partial charge in [-0.05, 0) is 49.4 Å². The van der Waals surface area contributed by atoms with Crippen LogP contribution in [-0.2, 0) is 9.59 Å². The highest BCUT2D eigenvalue weighted by Gasteiger charge is 2.49. The van der Waals surface area contributed by atoms with Crippen molar-refractivity contribution in [1.29, 1.82) is 0 Å². The smallest absolute Gasteiger partial charge is 0.301 e. The number of rotatable bonds is 5. The molecule has 0 unspecified atom stereocenters. The first-order chi connectivity index (χ1) is 15.3. The number of carbonyl (C=O) groups excluding carboxylic acids is 2. The lowest BCUT2D eigenvalue weighted by molar-refractivity contribution is -0.132. The van der Waals surface area contributed by atoms with Crippen LogP contribution in [0.25, 0.3) is 5.76 Å². The zero-order chi connectivity index (χ0) is 23.0. The Kier molecular flexibility index (Phi) is 5.63. The number of aliphatic hydroxyl groups is 1. The zero-order valence-electron chi connectivity index (χ0n) is 17.5. The molecule has 1 aliphatic rings. The molecule has 8 nitrogen and oxygen atoms in total. The molecule has 0 saturated carbocycles. The van der Waals surface area contributed by atoms with Gasteiger partial charge in [0.1, 0.15) is 29.1 Å². The van der Waals surface area contributed by atoms with Gasteiger partial charge in [0.2, 0.25) is 0 Å². The van der Waals surface area contributed by atoms with Crippen LogP contribution in [0, 0.1) is 6.92 Å². The quantitative estimate of drug-likeness (QED) is 0.348. The highest BCUT2D eigenvalue weighted by molar-refractivity contribution is 6.51. The summed E-state index contributed by atoms with van der Waals surface area (Å²) in [7, 11) is 2.97. The van der Waals surface area contributed by atoms with Gasteiger partial charge in [-0.25, -0.2) is 0 Å². The Morgan fingerprint density at radius 1 is 1.09 bits per heavy atom. The molecule has 2 heterocycles. The number of hydrogen-bond acceptors (Lipinski definition) is 7. The second kappa shape index (κ2) is 8.39. The van der Waals surface area contributed by atoms with Crippen molar-refractivity contribution < 1.29 is 28.7 Å². The van der Waals surface area contributed by atoms with Crippen LogP contribution in [-0.4, -0.2) is 36.2 Å². The summed E-state index contributed by atoms with van der Waals surface area (Å²) < 4.78 is 16.0. The number of anilines is 1. The number of ether oxygens (including phenoxy) is 2. The summed E-state index contributed by atoms with van der Waals surface area (Å²) in [6.07, 6.45) is 0. The van der Waals surface area contributed by atoms with Gasteiger partial charge in [-0.3, -0.25) is 14.5 Å². The Balaban J connectivity index is 2.00. The molecule has 0 aliphatic carbocycles. The van der Waals surface area contributed by atoms with Crippen molar-refractivity contribution in [3.05, 3.63) is 76.0 Å². The van der Waals surface area contributed by atoms with Crippen LogP contribution in [0.2, 0.25) is 5.02 Å². The van der Waals surface area contributed by atoms with E-state index < -0.39 is 17.7 Å². The van der Waals surface area contributed by atoms with Crippen LogP contribution in [0.15, 0.2) is 58.6 Å². The molecule has 1 aliphatic heterocycles. The Hall–Kier alpha value is -3.78. The number of amides is 1. The molecule has 0 spiro atoms. The van der Waals surface area contributed by atoms with Crippen LogP contribution < -0.4 is 14.4 Å². The van der Waals surface area contributed by atoms with E-state index in [0.29, 0.717) is 33.4 Å². The Morgan fingerprint density at radius 2 is 1.81 bits per heavy atom. The third-order valence-corrected chi connectivity index (χ3v) is 5.41. The Labute approximate surface area is 188 Å². The van der Waals surface area contributed by atoms with Gasteiger partial charge in [-0.15, -0.1) is 0 Å². The van der Waals surface area contributed by atoms with Crippen molar-refractivity contribution in [3.63, 3.8) is 0 Å². The number of aryl methyl sites for hydroxylation is 1. The summed E-state index contributed by atoms with van der Waals surface area (Å²) in [5.41, 5.74) is 0.641. The molecule has 1 aromatic heterocycles. The molecule has 0 bridgehead atoms. The summed E-state index contributed by atoms with van der Waals surface area (Å²) in [6.45, 7) is 1.67. The summed E-state index contributed by atoms with van der Waals surface area (Å²) in [4.78, 5) is 27.4. The SMILES string of the molecule is COc1ccc(OC)c([C@H]2/C(=C(\O)c3ccc(Cl)cc3)C(=O)C(=O)N2c2cc(C)on2)c1. The number of nitrogens with zero attached hydrogens (tertiary/aromatic N) is 2. The van der Waals surface area contributed by atoms with E-state index in [1.807, 2.05) is 0 Å². The molecule has 164 valence electrons. The number of aromatic nitrogens is 1. The van der Waals surface area contributed by atoms with E-state index in [-0.39, 0.29) is 17.2 Å². The second-order valence-corrected chi connectivity index (χ2v) is 7.52. The molecular weight excluding hydrogens is 436 g/mol. The molecule has 1 N–H and O–H groups in total. The maximum atomic E-state index is 13.1. The van der Waals surface area contributed by atoms with E-state index >= 15 is 0 Å². The van der Waals surface area contributed by atoms with E-state index in [2.05, 4.69) is 5.16 Å². The van der Waals surface area contributed by atoms with Gasteiger partial charge in [-0.1, -0.05) is 16.8 Å². The predicted octanol–water partition coefficient (Wildman–Crippen LogP) is 4.28. The molecule has 4 rings (SSSR count). The number of Topliss-reactive ketones (excluding diaryl/α,β-unsaturated/α-hetero) is 1. The molecule has 0 radical (unpaired) electrons. The normalized spacial score (nSPS) is 17.6. The molecule has 32 heavy (non-hydrogen) atoms. The minimum absolute atomic E-state index is 0.121. The number of benzene rings is 2. The number of halogens is 1. The van der Waals surface area contributed by atoms with Gasteiger partial charge in [0.25, 0.3) is 5.78 Å². The minimum Gasteiger partial charge on any atom is -0.507 e. The van der Waals surface area contributed by atoms with Gasteiger partial charge in [0, 0.05) is 22.2 Å². The number of aliphatic hydroxyl groups excluding tert-OH is 1. The molecule has 3 aromatic rings. The molecular formula is C23H19ClN2O6. The van der Waals surface area contributed by atoms with Gasteiger partial charge in [-0.2, -0.15) is 0 Å². The van der Waals surface area contributed by atoms with E-state index in [0.717, 1.165) is 0 Å². The van der Waals surface area contributed by atoms with Crippen molar-refractivity contribution in [2.75, 3.05) is 19.1 Å². The largest absolute Gasteiger partial charge is 0.507 e. The minimum atomic E-state index is -1.04. The molecule has 1 fully saturated rings. The molecule has 9 heteroatoms. The van der Waals surface area contributed by atoms with Crippen molar-refractivity contribution in [1.82, 2.24) is 5.16 Å². The van der Waals surface area contributed by atoms with Crippen LogP contribution in [0.4, 0.5) is 5.82 Å². The van der Waals surface area contributed by atoms with Gasteiger partial charge in [0.05, 0.1) is 19.8 Å². The molecule has 1 amide bonds. The highest BCUT2D eigenvalue weighted by atomic mass is 35.5. The average molecular weight is 455 g/mol. The highest BCUT2D eigenvalue weighted by Crippen LogP contribution is 2.45. The van der Waals surface area contributed by atoms with Gasteiger partial charge in [0.15, 0.2) is 5.82 Å². The summed E-state index contributed by atoms with van der Waals surface area (Å²) in [5.74, 6) is -0.612. The van der Waals surface area contributed by atoms with Crippen molar-refractivity contribution in [2.45, 2.75) is 13.0 Å². The van der Waals surface area contributed by atoms with E-state index in [9.17, 15) is 14.7 Å². The third-order valence-electron chi connectivity index (χ3n) is 5.16. The average Bonchev–Trinajstić information content (AvgIpc) is 3.33. The first-order valence-electron chi connectivity index (χ1n) is 9.58. The fraction of sp³-hybridized carbons (Fsp3) is 0.174. The monoisotopic (exact) mass is 454 g/mol. The Morgan fingerprint density at radius 3 is 2.41 bits per heavy atom. The lowest BCUT2D eigenvalue weighted by Gasteiger charge is -2.24. The maximum Gasteiger partial charge on any atom is 0.301 e.